The predicted octanol–water partition coefficient (Wildman–Crippen LogP) is 4.66. The van der Waals surface area contributed by atoms with E-state index in [0.717, 1.165) is 5.56 Å². The van der Waals surface area contributed by atoms with Gasteiger partial charge in [0.1, 0.15) is 35.8 Å². The van der Waals surface area contributed by atoms with Crippen molar-refractivity contribution in [2.45, 2.75) is 149 Å². The fourth-order valence-electron chi connectivity index (χ4n) is 8.77. The van der Waals surface area contributed by atoms with Gasteiger partial charge in [0.2, 0.25) is 0 Å². The summed E-state index contributed by atoms with van der Waals surface area (Å²) in [6.07, 6.45) is -0.496. The zero-order valence-corrected chi connectivity index (χ0v) is 36.6. The van der Waals surface area contributed by atoms with Crippen molar-refractivity contribution in [3.05, 3.63) is 36.2 Å². The number of likely N-dealkylation sites (N-methyl/N-ethyl adjacent to an activating group) is 1. The Kier molecular flexibility index (Phi) is 16.1. The summed E-state index contributed by atoms with van der Waals surface area (Å²) in [6, 6.07) is 2.36. The van der Waals surface area contributed by atoms with Crippen LogP contribution in [0.4, 0.5) is 9.59 Å². The van der Waals surface area contributed by atoms with E-state index in [9.17, 15) is 29.1 Å². The van der Waals surface area contributed by atoms with E-state index >= 15 is 0 Å². The standard InChI is InChI=1S/C43H66N4O12/c1-13-31-43(10)35(46-41(53)59-43)26(6)32(48)24(4)21-42(9,58-40(52)45-19-15-17-29-16-14-18-44-22-29)36(57-39-33(49)30(47(11)12)20-25(5)54-39)27(7)34(28(8)38(51)55-31)56-37(50)23(2)3/h14-18,22-28,30-31,33-36,39,49H,13,19-21H2,1-12H3,(H,45,52)(H,46,53)/b17-15+/t24-,25-,26+,27+,28-,30+,31-,33-,34+,35-,36-,39+,42-,43-/m1/s1. The van der Waals surface area contributed by atoms with Gasteiger partial charge in [0.15, 0.2) is 11.9 Å². The quantitative estimate of drug-likeness (QED) is 0.217. The van der Waals surface area contributed by atoms with E-state index in [4.69, 9.17) is 28.4 Å². The van der Waals surface area contributed by atoms with E-state index < -0.39 is 102 Å². The van der Waals surface area contributed by atoms with Crippen LogP contribution in [0, 0.1) is 29.6 Å². The molecule has 3 aliphatic rings. The summed E-state index contributed by atoms with van der Waals surface area (Å²) >= 11 is 0. The first-order valence-corrected chi connectivity index (χ1v) is 20.8. The highest BCUT2D eigenvalue weighted by Crippen LogP contribution is 2.42. The number of aliphatic hydroxyl groups excluding tert-OH is 1. The molecule has 0 saturated carbocycles. The molecule has 1 aromatic rings. The second kappa shape index (κ2) is 20.0. The molecule has 0 radical (unpaired) electrons. The number of alkyl carbamates (subject to hydrolysis) is 2. The lowest BCUT2D eigenvalue weighted by atomic mass is 9.73. The maximum atomic E-state index is 14.5. The average molecular weight is 831 g/mol. The van der Waals surface area contributed by atoms with Crippen molar-refractivity contribution < 1.29 is 57.5 Å². The minimum absolute atomic E-state index is 0.0684. The minimum Gasteiger partial charge on any atom is -0.461 e. The normalized spacial score (nSPS) is 37.2. The van der Waals surface area contributed by atoms with Gasteiger partial charge >= 0.3 is 24.1 Å². The van der Waals surface area contributed by atoms with Crippen LogP contribution in [0.5, 0.6) is 0 Å². The molecule has 2 amide bonds. The van der Waals surface area contributed by atoms with E-state index in [1.165, 1.54) is 0 Å². The molecule has 14 atom stereocenters. The number of Topliss-reactive ketones (excluding diaryl/α,β-unsaturated/α-hetero) is 1. The van der Waals surface area contributed by atoms with Crippen molar-refractivity contribution >= 4 is 36.0 Å². The van der Waals surface area contributed by atoms with Crippen LogP contribution < -0.4 is 10.6 Å². The van der Waals surface area contributed by atoms with Crippen molar-refractivity contribution in [1.29, 1.82) is 0 Å². The van der Waals surface area contributed by atoms with Gasteiger partial charge in [-0.05, 0) is 72.7 Å². The first-order valence-electron chi connectivity index (χ1n) is 20.8. The number of carbonyl (C=O) groups is 5. The van der Waals surface area contributed by atoms with Crippen LogP contribution in [0.1, 0.15) is 94.1 Å². The number of fused-ring (bicyclic) bond motifs is 1. The Morgan fingerprint density at radius 1 is 1.12 bits per heavy atom. The molecular formula is C43H66N4O12. The monoisotopic (exact) mass is 830 g/mol. The Labute approximate surface area is 348 Å². The van der Waals surface area contributed by atoms with E-state index in [0.29, 0.717) is 6.42 Å². The van der Waals surface area contributed by atoms with Crippen molar-refractivity contribution in [2.75, 3.05) is 20.6 Å². The lowest BCUT2D eigenvalue weighted by molar-refractivity contribution is -0.298. The molecule has 330 valence electrons. The van der Waals surface area contributed by atoms with Crippen LogP contribution in [0.25, 0.3) is 6.08 Å². The number of ketones is 1. The number of pyridine rings is 1. The molecule has 0 unspecified atom stereocenters. The first-order chi connectivity index (χ1) is 27.6. The van der Waals surface area contributed by atoms with Gasteiger partial charge in [-0.1, -0.05) is 59.8 Å². The molecule has 16 nitrogen and oxygen atoms in total. The zero-order valence-electron chi connectivity index (χ0n) is 36.6. The number of esters is 2. The van der Waals surface area contributed by atoms with Gasteiger partial charge in [0.25, 0.3) is 0 Å². The maximum Gasteiger partial charge on any atom is 0.408 e. The number of aliphatic hydroxyl groups is 1. The van der Waals surface area contributed by atoms with Crippen LogP contribution in [-0.2, 0) is 42.8 Å². The van der Waals surface area contributed by atoms with Crippen molar-refractivity contribution in [1.82, 2.24) is 20.5 Å². The van der Waals surface area contributed by atoms with Gasteiger partial charge in [-0.2, -0.15) is 0 Å². The average Bonchev–Trinajstić information content (AvgIpc) is 3.49. The topological polar surface area (TPSA) is 201 Å². The molecule has 59 heavy (non-hydrogen) atoms. The predicted molar refractivity (Wildman–Crippen MR) is 216 cm³/mol. The summed E-state index contributed by atoms with van der Waals surface area (Å²) in [7, 11) is 3.67. The number of rotatable bonds is 10. The fourth-order valence-corrected chi connectivity index (χ4v) is 8.77. The Bertz CT molecular complexity index is 1660. The molecular weight excluding hydrogens is 764 g/mol. The fraction of sp³-hybridized carbons (Fsp3) is 0.721. The first kappa shape index (κ1) is 47.6. The van der Waals surface area contributed by atoms with Gasteiger partial charge in [-0.15, -0.1) is 0 Å². The van der Waals surface area contributed by atoms with Gasteiger partial charge in [0, 0.05) is 42.7 Å². The van der Waals surface area contributed by atoms with Crippen LogP contribution in [-0.4, -0.2) is 126 Å². The highest BCUT2D eigenvalue weighted by molar-refractivity contribution is 5.85. The third-order valence-corrected chi connectivity index (χ3v) is 12.0. The number of ether oxygens (including phenoxy) is 6. The number of amides is 2. The molecule has 0 aliphatic carbocycles. The van der Waals surface area contributed by atoms with Crippen LogP contribution >= 0.6 is 0 Å². The summed E-state index contributed by atoms with van der Waals surface area (Å²) in [6.45, 7) is 16.9. The smallest absolute Gasteiger partial charge is 0.408 e. The molecule has 1 aromatic heterocycles. The SMILES string of the molecule is CC[C@H]1OC(=O)[C@H](C)[C@@H](OC(=O)C(C)C)[C@H](C)[C@@H](O[C@@H]2O[C@H](C)C[C@H](N(C)C)[C@H]2O)[C@](C)(OC(=O)NC/C=C/c2cccnc2)C[C@@H](C)C(=O)[C@H](C)[C@H]2NC(=O)O[C@@]21C. The third-order valence-electron chi connectivity index (χ3n) is 12.0. The van der Waals surface area contributed by atoms with Crippen molar-refractivity contribution in [2.24, 2.45) is 29.6 Å². The Balaban J connectivity index is 1.88. The number of nitrogens with zero attached hydrogens (tertiary/aromatic N) is 2. The second-order valence-corrected chi connectivity index (χ2v) is 17.4. The van der Waals surface area contributed by atoms with Crippen LogP contribution in [0.15, 0.2) is 30.6 Å². The van der Waals surface area contributed by atoms with E-state index in [2.05, 4.69) is 15.6 Å². The lowest BCUT2D eigenvalue weighted by Crippen LogP contribution is -2.61. The lowest BCUT2D eigenvalue weighted by Gasteiger charge is -2.48. The molecule has 3 aliphatic heterocycles. The van der Waals surface area contributed by atoms with Crippen LogP contribution in [0.3, 0.4) is 0 Å². The maximum absolute atomic E-state index is 14.5. The Morgan fingerprint density at radius 2 is 1.81 bits per heavy atom. The molecule has 0 bridgehead atoms. The number of hydrogen-bond acceptors (Lipinski definition) is 14. The number of hydrogen-bond donors (Lipinski definition) is 3. The van der Waals surface area contributed by atoms with Crippen LogP contribution in [0.2, 0.25) is 0 Å². The van der Waals surface area contributed by atoms with E-state index in [1.54, 1.807) is 92.9 Å². The van der Waals surface area contributed by atoms with Gasteiger partial charge in [0.05, 0.1) is 24.0 Å². The van der Waals surface area contributed by atoms with Gasteiger partial charge < -0.3 is 49.1 Å². The molecule has 4 heterocycles. The molecule has 0 spiro atoms. The molecule has 0 aromatic carbocycles. The minimum atomic E-state index is -1.72. The number of carbonyl (C=O) groups excluding carboxylic acids is 5. The largest absolute Gasteiger partial charge is 0.461 e. The molecule has 16 heteroatoms. The molecule has 3 saturated heterocycles. The molecule has 3 N–H and O–H groups in total. The summed E-state index contributed by atoms with van der Waals surface area (Å²) in [5.74, 6) is -6.05. The Hall–Kier alpha value is -4.12. The second-order valence-electron chi connectivity index (χ2n) is 17.4. The highest BCUT2D eigenvalue weighted by Gasteiger charge is 2.58. The van der Waals surface area contributed by atoms with Crippen molar-refractivity contribution in [3.8, 4) is 0 Å². The summed E-state index contributed by atoms with van der Waals surface area (Å²) < 4.78 is 37.5. The third kappa shape index (κ3) is 11.2. The van der Waals surface area contributed by atoms with Gasteiger partial charge in [-0.25, -0.2) is 9.59 Å². The van der Waals surface area contributed by atoms with Crippen molar-refractivity contribution in [3.63, 3.8) is 0 Å². The Morgan fingerprint density at radius 3 is 2.42 bits per heavy atom. The number of cyclic esters (lactones) is 1. The number of nitrogens with one attached hydrogen (secondary N) is 2. The van der Waals surface area contributed by atoms with Gasteiger partial charge in [-0.3, -0.25) is 19.4 Å². The number of aromatic nitrogens is 1. The molecule has 4 rings (SSSR count). The summed E-state index contributed by atoms with van der Waals surface area (Å²) in [5, 5.41) is 17.2. The summed E-state index contributed by atoms with van der Waals surface area (Å²) in [5.41, 5.74) is -2.34. The zero-order chi connectivity index (χ0) is 44.0. The summed E-state index contributed by atoms with van der Waals surface area (Å²) in [4.78, 5) is 75.1. The highest BCUT2D eigenvalue weighted by atomic mass is 16.7. The molecule has 3 fully saturated rings. The van der Waals surface area contributed by atoms with E-state index in [1.807, 2.05) is 32.0 Å². The van der Waals surface area contributed by atoms with E-state index in [-0.39, 0.29) is 37.3 Å².